The van der Waals surface area contributed by atoms with Gasteiger partial charge in [-0.3, -0.25) is 4.79 Å². The second kappa shape index (κ2) is 8.70. The number of amides is 1. The Morgan fingerprint density at radius 3 is 2.68 bits per heavy atom. The third-order valence-corrected chi connectivity index (χ3v) is 3.30. The van der Waals surface area contributed by atoms with Gasteiger partial charge in [-0.05, 0) is 24.5 Å². The molecule has 106 valence electrons. The fraction of sp³-hybridized carbons (Fsp3) is 0.562. The zero-order valence-electron chi connectivity index (χ0n) is 12.0. The number of carbonyl (C=O) groups is 1. The lowest BCUT2D eigenvalue weighted by Crippen LogP contribution is -2.28. The highest BCUT2D eigenvalue weighted by Gasteiger charge is 2.11. The quantitative estimate of drug-likeness (QED) is 0.708. The van der Waals surface area contributed by atoms with Crippen LogP contribution in [0.5, 0.6) is 0 Å². The van der Waals surface area contributed by atoms with Crippen molar-refractivity contribution in [1.82, 2.24) is 5.32 Å². The van der Waals surface area contributed by atoms with Gasteiger partial charge >= 0.3 is 0 Å². The zero-order valence-corrected chi connectivity index (χ0v) is 12.0. The third kappa shape index (κ3) is 5.88. The molecule has 1 amide bonds. The Kier molecular flexibility index (Phi) is 7.19. The van der Waals surface area contributed by atoms with Crippen molar-refractivity contribution in [1.29, 1.82) is 0 Å². The van der Waals surface area contributed by atoms with E-state index in [4.69, 9.17) is 0 Å². The summed E-state index contributed by atoms with van der Waals surface area (Å²) in [6.45, 7) is 4.40. The monoisotopic (exact) mass is 263 g/mol. The molecule has 0 saturated carbocycles. The minimum absolute atomic E-state index is 0.0312. The van der Waals surface area contributed by atoms with Crippen LogP contribution in [0, 0.1) is 6.92 Å². The normalized spacial score (nSPS) is 12.2. The van der Waals surface area contributed by atoms with E-state index >= 15 is 0 Å². The zero-order chi connectivity index (χ0) is 14.1. The molecular formula is C16H25NO2. The SMILES string of the molecule is CCCCCCC(=O)NCC(O)c1ccccc1C. The van der Waals surface area contributed by atoms with Gasteiger partial charge in [0.05, 0.1) is 6.10 Å². The summed E-state index contributed by atoms with van der Waals surface area (Å²) in [6, 6.07) is 7.70. The summed E-state index contributed by atoms with van der Waals surface area (Å²) in [5.74, 6) is 0.0312. The minimum atomic E-state index is -0.624. The van der Waals surface area contributed by atoms with Crippen molar-refractivity contribution in [2.75, 3.05) is 6.54 Å². The van der Waals surface area contributed by atoms with E-state index in [1.165, 1.54) is 12.8 Å². The van der Waals surface area contributed by atoms with Gasteiger partial charge in [0, 0.05) is 13.0 Å². The molecule has 0 aliphatic rings. The molecule has 0 spiro atoms. The molecule has 0 saturated heterocycles. The van der Waals surface area contributed by atoms with Crippen molar-refractivity contribution < 1.29 is 9.90 Å². The van der Waals surface area contributed by atoms with Gasteiger partial charge in [-0.1, -0.05) is 50.5 Å². The molecule has 2 N–H and O–H groups in total. The van der Waals surface area contributed by atoms with Crippen LogP contribution >= 0.6 is 0 Å². The molecule has 1 aromatic rings. The second-order valence-electron chi connectivity index (χ2n) is 4.99. The molecule has 0 heterocycles. The number of hydrogen-bond acceptors (Lipinski definition) is 2. The standard InChI is InChI=1S/C16H25NO2/c1-3-4-5-6-11-16(19)17-12-15(18)14-10-8-7-9-13(14)2/h7-10,15,18H,3-6,11-12H2,1-2H3,(H,17,19). The van der Waals surface area contributed by atoms with Crippen LogP contribution in [0.2, 0.25) is 0 Å². The number of aryl methyl sites for hydroxylation is 1. The van der Waals surface area contributed by atoms with E-state index < -0.39 is 6.10 Å². The summed E-state index contributed by atoms with van der Waals surface area (Å²) in [5.41, 5.74) is 1.93. The van der Waals surface area contributed by atoms with E-state index in [1.54, 1.807) is 0 Å². The van der Waals surface area contributed by atoms with Crippen LogP contribution in [0.4, 0.5) is 0 Å². The Bertz CT molecular complexity index is 390. The van der Waals surface area contributed by atoms with Crippen molar-refractivity contribution in [3.05, 3.63) is 35.4 Å². The Morgan fingerprint density at radius 2 is 2.00 bits per heavy atom. The van der Waals surface area contributed by atoms with Crippen LogP contribution in [-0.2, 0) is 4.79 Å². The van der Waals surface area contributed by atoms with Crippen molar-refractivity contribution >= 4 is 5.91 Å². The third-order valence-electron chi connectivity index (χ3n) is 3.30. The van der Waals surface area contributed by atoms with Crippen molar-refractivity contribution in [3.8, 4) is 0 Å². The van der Waals surface area contributed by atoms with E-state index in [-0.39, 0.29) is 12.5 Å². The maximum absolute atomic E-state index is 11.6. The van der Waals surface area contributed by atoms with Gasteiger partial charge in [0.2, 0.25) is 5.91 Å². The van der Waals surface area contributed by atoms with Crippen molar-refractivity contribution in [2.45, 2.75) is 52.1 Å². The van der Waals surface area contributed by atoms with E-state index in [0.717, 1.165) is 24.0 Å². The van der Waals surface area contributed by atoms with Gasteiger partial charge in [0.1, 0.15) is 0 Å². The molecule has 1 unspecified atom stereocenters. The first-order valence-corrected chi connectivity index (χ1v) is 7.15. The summed E-state index contributed by atoms with van der Waals surface area (Å²) in [5, 5.41) is 12.8. The highest BCUT2D eigenvalue weighted by atomic mass is 16.3. The summed E-state index contributed by atoms with van der Waals surface area (Å²) < 4.78 is 0. The molecule has 19 heavy (non-hydrogen) atoms. The molecule has 1 atom stereocenters. The number of nitrogens with one attached hydrogen (secondary N) is 1. The molecule has 1 aromatic carbocycles. The van der Waals surface area contributed by atoms with Gasteiger partial charge < -0.3 is 10.4 Å². The van der Waals surface area contributed by atoms with E-state index in [2.05, 4.69) is 12.2 Å². The molecular weight excluding hydrogens is 238 g/mol. The van der Waals surface area contributed by atoms with Crippen LogP contribution in [0.1, 0.15) is 56.3 Å². The molecule has 0 aliphatic heterocycles. The Hall–Kier alpha value is -1.35. The Balaban J connectivity index is 2.28. The molecule has 0 aromatic heterocycles. The van der Waals surface area contributed by atoms with Crippen LogP contribution in [0.3, 0.4) is 0 Å². The van der Waals surface area contributed by atoms with Crippen LogP contribution in [0.15, 0.2) is 24.3 Å². The number of unbranched alkanes of at least 4 members (excludes halogenated alkanes) is 3. The van der Waals surface area contributed by atoms with Gasteiger partial charge in [-0.2, -0.15) is 0 Å². The summed E-state index contributed by atoms with van der Waals surface area (Å²) in [6.07, 6.45) is 4.32. The van der Waals surface area contributed by atoms with Gasteiger partial charge in [-0.15, -0.1) is 0 Å². The van der Waals surface area contributed by atoms with Gasteiger partial charge in [0.25, 0.3) is 0 Å². The minimum Gasteiger partial charge on any atom is -0.387 e. The highest BCUT2D eigenvalue weighted by Crippen LogP contribution is 2.16. The first kappa shape index (κ1) is 15.7. The number of aliphatic hydroxyl groups is 1. The lowest BCUT2D eigenvalue weighted by molar-refractivity contribution is -0.121. The Morgan fingerprint density at radius 1 is 1.26 bits per heavy atom. The number of carbonyl (C=O) groups excluding carboxylic acids is 1. The van der Waals surface area contributed by atoms with Crippen LogP contribution < -0.4 is 5.32 Å². The summed E-state index contributed by atoms with van der Waals surface area (Å²) in [7, 11) is 0. The highest BCUT2D eigenvalue weighted by molar-refractivity contribution is 5.75. The topological polar surface area (TPSA) is 49.3 Å². The average Bonchev–Trinajstić information content (AvgIpc) is 2.41. The second-order valence-corrected chi connectivity index (χ2v) is 4.99. The van der Waals surface area contributed by atoms with Gasteiger partial charge in [0.15, 0.2) is 0 Å². The van der Waals surface area contributed by atoms with Crippen molar-refractivity contribution in [2.24, 2.45) is 0 Å². The summed E-state index contributed by atoms with van der Waals surface area (Å²) >= 11 is 0. The fourth-order valence-corrected chi connectivity index (χ4v) is 2.08. The number of benzene rings is 1. The molecule has 3 heteroatoms. The summed E-state index contributed by atoms with van der Waals surface area (Å²) in [4.78, 5) is 11.6. The predicted molar refractivity (Wildman–Crippen MR) is 77.9 cm³/mol. The molecule has 0 bridgehead atoms. The van der Waals surface area contributed by atoms with E-state index in [1.807, 2.05) is 31.2 Å². The molecule has 3 nitrogen and oxygen atoms in total. The molecule has 1 rings (SSSR count). The predicted octanol–water partition coefficient (Wildman–Crippen LogP) is 3.12. The maximum atomic E-state index is 11.6. The van der Waals surface area contributed by atoms with Gasteiger partial charge in [-0.25, -0.2) is 0 Å². The number of rotatable bonds is 8. The Labute approximate surface area is 116 Å². The lowest BCUT2D eigenvalue weighted by atomic mass is 10.0. The van der Waals surface area contributed by atoms with Crippen LogP contribution in [0.25, 0.3) is 0 Å². The first-order valence-electron chi connectivity index (χ1n) is 7.15. The van der Waals surface area contributed by atoms with Crippen molar-refractivity contribution in [3.63, 3.8) is 0 Å². The number of hydrogen-bond donors (Lipinski definition) is 2. The lowest BCUT2D eigenvalue weighted by Gasteiger charge is -2.14. The molecule has 0 fully saturated rings. The average molecular weight is 263 g/mol. The molecule has 0 radical (unpaired) electrons. The van der Waals surface area contributed by atoms with Crippen LogP contribution in [-0.4, -0.2) is 17.6 Å². The smallest absolute Gasteiger partial charge is 0.220 e. The fourth-order valence-electron chi connectivity index (χ4n) is 2.08. The number of aliphatic hydroxyl groups excluding tert-OH is 1. The largest absolute Gasteiger partial charge is 0.387 e. The molecule has 0 aliphatic carbocycles. The first-order chi connectivity index (χ1) is 9.15. The van der Waals surface area contributed by atoms with E-state index in [0.29, 0.717) is 6.42 Å². The maximum Gasteiger partial charge on any atom is 0.220 e. The van der Waals surface area contributed by atoms with E-state index in [9.17, 15) is 9.90 Å².